The Bertz CT molecular complexity index is 476. The summed E-state index contributed by atoms with van der Waals surface area (Å²) in [5, 5.41) is 0. The Balaban J connectivity index is 1.59. The van der Waals surface area contributed by atoms with Gasteiger partial charge in [0.2, 0.25) is 0 Å². The average Bonchev–Trinajstić information content (AvgIpc) is 3.35. The molecule has 5 rings (SSSR count). The summed E-state index contributed by atoms with van der Waals surface area (Å²) in [6.45, 7) is 10.5. The van der Waals surface area contributed by atoms with Crippen molar-refractivity contribution in [3.05, 3.63) is 0 Å². The van der Waals surface area contributed by atoms with Gasteiger partial charge >= 0.3 is 0 Å². The summed E-state index contributed by atoms with van der Waals surface area (Å²) in [7, 11) is 0. The first-order valence-corrected chi connectivity index (χ1v) is 10.5. The first-order valence-electron chi connectivity index (χ1n) is 10.5. The normalized spacial score (nSPS) is 62.5. The highest BCUT2D eigenvalue weighted by molar-refractivity contribution is 5.19. The monoisotopic (exact) mass is 300 g/mol. The second kappa shape index (κ2) is 4.34. The van der Waals surface area contributed by atoms with Gasteiger partial charge in [-0.2, -0.15) is 0 Å². The molecule has 0 radical (unpaired) electrons. The van der Waals surface area contributed by atoms with Gasteiger partial charge in [-0.15, -0.1) is 0 Å². The Hall–Kier alpha value is 0. The molecule has 0 amide bonds. The third-order valence-corrected chi connectivity index (χ3v) is 9.88. The van der Waals surface area contributed by atoms with Crippen molar-refractivity contribution >= 4 is 0 Å². The molecule has 9 unspecified atom stereocenters. The molecule has 0 spiro atoms. The van der Waals surface area contributed by atoms with Gasteiger partial charge in [-0.25, -0.2) is 0 Å². The Morgan fingerprint density at radius 3 is 2.50 bits per heavy atom. The van der Waals surface area contributed by atoms with Crippen LogP contribution in [0.2, 0.25) is 0 Å². The molecular formula is C22H36. The molecule has 0 heteroatoms. The molecule has 0 saturated heterocycles. The Kier molecular flexibility index (Phi) is 2.83. The van der Waals surface area contributed by atoms with E-state index in [0.29, 0.717) is 0 Å². The molecular weight excluding hydrogens is 264 g/mol. The highest BCUT2D eigenvalue weighted by atomic mass is 14.8. The van der Waals surface area contributed by atoms with Crippen LogP contribution < -0.4 is 0 Å². The van der Waals surface area contributed by atoms with Crippen molar-refractivity contribution in [3.63, 3.8) is 0 Å². The fraction of sp³-hybridized carbons (Fsp3) is 1.00. The van der Waals surface area contributed by atoms with Crippen LogP contribution in [0.1, 0.15) is 79.1 Å². The maximum Gasteiger partial charge on any atom is -0.0240 e. The Morgan fingerprint density at radius 1 is 1.05 bits per heavy atom. The predicted molar refractivity (Wildman–Crippen MR) is 92.4 cm³/mol. The van der Waals surface area contributed by atoms with Gasteiger partial charge in [-0.3, -0.25) is 0 Å². The lowest BCUT2D eigenvalue weighted by Gasteiger charge is -2.52. The van der Waals surface area contributed by atoms with Crippen LogP contribution in [-0.4, -0.2) is 0 Å². The Labute approximate surface area is 137 Å². The standard InChI is InChI=1S/C22H36/c1-5-22-11-17-16(9-14(22)3)8-13(2)20(17)21(4)12-19(21)18(22)10-15-6-7-15/h13-20H,5-12H2,1-4H3. The van der Waals surface area contributed by atoms with Crippen molar-refractivity contribution < 1.29 is 0 Å². The SMILES string of the molecule is CCC12CC3C(CC(C)C3C3(C)CC3C1CC1CC1)CC2C. The molecule has 0 nitrogen and oxygen atoms in total. The van der Waals surface area contributed by atoms with Crippen LogP contribution in [0, 0.1) is 58.2 Å². The van der Waals surface area contributed by atoms with Crippen LogP contribution in [0.4, 0.5) is 0 Å². The second-order valence-electron chi connectivity index (χ2n) is 10.7. The lowest BCUT2D eigenvalue weighted by Crippen LogP contribution is -2.44. The third-order valence-electron chi connectivity index (χ3n) is 9.88. The maximum atomic E-state index is 2.72. The molecule has 0 aliphatic heterocycles. The summed E-state index contributed by atoms with van der Waals surface area (Å²) in [4.78, 5) is 0. The van der Waals surface area contributed by atoms with Gasteiger partial charge in [0.25, 0.3) is 0 Å². The number of hydrogen-bond acceptors (Lipinski definition) is 0. The summed E-state index contributed by atoms with van der Waals surface area (Å²) in [5.74, 6) is 8.61. The zero-order chi connectivity index (χ0) is 15.3. The van der Waals surface area contributed by atoms with Gasteiger partial charge in [0.05, 0.1) is 0 Å². The summed E-state index contributed by atoms with van der Waals surface area (Å²) in [6.07, 6.45) is 12.5. The summed E-state index contributed by atoms with van der Waals surface area (Å²) >= 11 is 0. The van der Waals surface area contributed by atoms with E-state index in [1.54, 1.807) is 44.9 Å². The molecule has 5 aliphatic carbocycles. The van der Waals surface area contributed by atoms with Crippen molar-refractivity contribution in [2.24, 2.45) is 58.2 Å². The molecule has 0 aromatic rings. The molecule has 0 heterocycles. The molecule has 0 aromatic carbocycles. The smallest absolute Gasteiger partial charge is 0.0240 e. The number of hydrogen-bond donors (Lipinski definition) is 0. The molecule has 9 atom stereocenters. The van der Waals surface area contributed by atoms with Gasteiger partial charge in [-0.05, 0) is 96.7 Å². The van der Waals surface area contributed by atoms with Crippen LogP contribution in [0.5, 0.6) is 0 Å². The van der Waals surface area contributed by atoms with Gasteiger partial charge in [0.1, 0.15) is 0 Å². The lowest BCUT2D eigenvalue weighted by atomic mass is 9.53. The van der Waals surface area contributed by atoms with Crippen LogP contribution in [0.3, 0.4) is 0 Å². The minimum Gasteiger partial charge on any atom is -0.0648 e. The highest BCUT2D eigenvalue weighted by Gasteiger charge is 2.71. The summed E-state index contributed by atoms with van der Waals surface area (Å²) in [5.41, 5.74) is 1.48. The van der Waals surface area contributed by atoms with Crippen LogP contribution in [0.25, 0.3) is 0 Å². The molecule has 124 valence electrons. The van der Waals surface area contributed by atoms with Crippen molar-refractivity contribution in [1.29, 1.82) is 0 Å². The highest BCUT2D eigenvalue weighted by Crippen LogP contribution is 2.78. The van der Waals surface area contributed by atoms with Crippen LogP contribution in [0.15, 0.2) is 0 Å². The van der Waals surface area contributed by atoms with E-state index in [9.17, 15) is 0 Å². The first-order chi connectivity index (χ1) is 10.5. The fourth-order valence-electron chi connectivity index (χ4n) is 8.73. The van der Waals surface area contributed by atoms with E-state index in [2.05, 4.69) is 27.7 Å². The van der Waals surface area contributed by atoms with E-state index in [1.165, 1.54) is 6.42 Å². The lowest BCUT2D eigenvalue weighted by molar-refractivity contribution is -0.0276. The largest absolute Gasteiger partial charge is 0.0648 e. The summed E-state index contributed by atoms with van der Waals surface area (Å²) < 4.78 is 0. The average molecular weight is 301 g/mol. The van der Waals surface area contributed by atoms with Crippen LogP contribution in [-0.2, 0) is 0 Å². The number of rotatable bonds is 3. The second-order valence-corrected chi connectivity index (χ2v) is 10.7. The fourth-order valence-corrected chi connectivity index (χ4v) is 8.73. The predicted octanol–water partition coefficient (Wildman–Crippen LogP) is 6.16. The van der Waals surface area contributed by atoms with E-state index in [1.807, 2.05) is 0 Å². The summed E-state index contributed by atoms with van der Waals surface area (Å²) in [6, 6.07) is 0. The van der Waals surface area contributed by atoms with E-state index in [4.69, 9.17) is 0 Å². The van der Waals surface area contributed by atoms with Gasteiger partial charge in [0.15, 0.2) is 0 Å². The number of fused-ring (bicyclic) bond motifs is 3. The molecule has 22 heavy (non-hydrogen) atoms. The van der Waals surface area contributed by atoms with Crippen molar-refractivity contribution in [2.75, 3.05) is 0 Å². The topological polar surface area (TPSA) is 0 Å². The van der Waals surface area contributed by atoms with E-state index < -0.39 is 0 Å². The van der Waals surface area contributed by atoms with E-state index in [-0.39, 0.29) is 0 Å². The van der Waals surface area contributed by atoms with Crippen molar-refractivity contribution in [1.82, 2.24) is 0 Å². The Morgan fingerprint density at radius 2 is 1.82 bits per heavy atom. The minimum atomic E-state index is 0.727. The zero-order valence-corrected chi connectivity index (χ0v) is 15.3. The van der Waals surface area contributed by atoms with Gasteiger partial charge in [0, 0.05) is 0 Å². The maximum absolute atomic E-state index is 2.72. The van der Waals surface area contributed by atoms with E-state index in [0.717, 1.165) is 58.2 Å². The molecule has 0 N–H and O–H groups in total. The van der Waals surface area contributed by atoms with Gasteiger partial charge < -0.3 is 0 Å². The van der Waals surface area contributed by atoms with Crippen LogP contribution >= 0.6 is 0 Å². The van der Waals surface area contributed by atoms with Crippen molar-refractivity contribution in [2.45, 2.75) is 79.1 Å². The van der Waals surface area contributed by atoms with E-state index >= 15 is 0 Å². The van der Waals surface area contributed by atoms with Crippen molar-refractivity contribution in [3.8, 4) is 0 Å². The molecule has 5 aliphatic rings. The third kappa shape index (κ3) is 1.66. The zero-order valence-electron chi connectivity index (χ0n) is 15.3. The van der Waals surface area contributed by atoms with Gasteiger partial charge in [-0.1, -0.05) is 40.5 Å². The quantitative estimate of drug-likeness (QED) is 0.585. The molecule has 5 fully saturated rings. The molecule has 2 bridgehead atoms. The molecule has 0 aromatic heterocycles. The first kappa shape index (κ1) is 14.4. The minimum absolute atomic E-state index is 0.727. The molecule has 5 saturated carbocycles.